The highest BCUT2D eigenvalue weighted by Crippen LogP contribution is 2.26. The second-order valence-electron chi connectivity index (χ2n) is 5.97. The third-order valence-corrected chi connectivity index (χ3v) is 4.77. The number of rotatable bonds is 7. The second kappa shape index (κ2) is 9.36. The number of imide groups is 2. The molecule has 1 aliphatic rings. The topological polar surface area (TPSA) is 122 Å². The summed E-state index contributed by atoms with van der Waals surface area (Å²) in [6.07, 6.45) is 0.719. The van der Waals surface area contributed by atoms with Crippen molar-refractivity contribution in [1.82, 2.24) is 15.5 Å². The van der Waals surface area contributed by atoms with Crippen LogP contribution in [0.5, 0.6) is 0 Å². The van der Waals surface area contributed by atoms with E-state index in [1.807, 2.05) is 11.6 Å². The number of hydrogen-bond donors (Lipinski definition) is 2. The van der Waals surface area contributed by atoms with Crippen molar-refractivity contribution in [3.8, 4) is 0 Å². The van der Waals surface area contributed by atoms with Crippen LogP contribution in [-0.4, -0.2) is 65.8 Å². The molecule has 2 N–H and O–H groups in total. The Morgan fingerprint density at radius 1 is 1.14 bits per heavy atom. The maximum absolute atomic E-state index is 12.7. The minimum Gasteiger partial charge on any atom is -0.451 e. The van der Waals surface area contributed by atoms with E-state index in [1.54, 1.807) is 12.1 Å². The molecule has 0 aliphatic carbocycles. The molecule has 28 heavy (non-hydrogen) atoms. The number of benzene rings is 1. The molecular formula is C18H21N3O6S. The van der Waals surface area contributed by atoms with E-state index >= 15 is 0 Å². The van der Waals surface area contributed by atoms with Crippen LogP contribution in [0.25, 0.3) is 0 Å². The molecule has 150 valence electrons. The Morgan fingerprint density at radius 3 is 2.21 bits per heavy atom. The van der Waals surface area contributed by atoms with E-state index in [0.717, 1.165) is 4.90 Å². The molecule has 1 heterocycles. The largest absolute Gasteiger partial charge is 0.451 e. The van der Waals surface area contributed by atoms with Crippen LogP contribution < -0.4 is 10.6 Å². The number of amides is 5. The van der Waals surface area contributed by atoms with Crippen molar-refractivity contribution in [2.24, 2.45) is 0 Å². The highest BCUT2D eigenvalue weighted by molar-refractivity contribution is 7.98. The SMILES string of the molecule is CNC(=O)NC(=O)[C@H](C)OC(=O)[C@H](CCSC)N1C(=O)c2ccccc2C1=O. The molecule has 1 aliphatic heterocycles. The van der Waals surface area contributed by atoms with Gasteiger partial charge in [0.1, 0.15) is 6.04 Å². The average molecular weight is 407 g/mol. The number of esters is 1. The molecule has 1 aromatic rings. The summed E-state index contributed by atoms with van der Waals surface area (Å²) in [7, 11) is 1.33. The van der Waals surface area contributed by atoms with E-state index in [-0.39, 0.29) is 17.5 Å². The third-order valence-electron chi connectivity index (χ3n) is 4.13. The monoisotopic (exact) mass is 407 g/mol. The standard InChI is InChI=1S/C18H21N3O6S/c1-10(14(22)20-18(26)19-2)27-17(25)13(8-9-28-3)21-15(23)11-6-4-5-7-12(11)16(21)24/h4-7,10,13H,8-9H2,1-3H3,(H2,19,20,22,26)/t10-,13-/m0/s1. The van der Waals surface area contributed by atoms with Crippen molar-refractivity contribution in [2.45, 2.75) is 25.5 Å². The van der Waals surface area contributed by atoms with Crippen LogP contribution >= 0.6 is 11.8 Å². The number of thioether (sulfide) groups is 1. The van der Waals surface area contributed by atoms with Crippen molar-refractivity contribution in [3.05, 3.63) is 35.4 Å². The van der Waals surface area contributed by atoms with Crippen LogP contribution in [0.4, 0.5) is 4.79 Å². The first-order valence-corrected chi connectivity index (χ1v) is 9.90. The molecule has 0 saturated carbocycles. The van der Waals surface area contributed by atoms with Crippen LogP contribution in [0, 0.1) is 0 Å². The lowest BCUT2D eigenvalue weighted by atomic mass is 10.1. The van der Waals surface area contributed by atoms with Gasteiger partial charge in [-0.2, -0.15) is 11.8 Å². The summed E-state index contributed by atoms with van der Waals surface area (Å²) >= 11 is 1.44. The molecule has 0 fully saturated rings. The van der Waals surface area contributed by atoms with Crippen LogP contribution in [0.1, 0.15) is 34.1 Å². The van der Waals surface area contributed by atoms with Crippen molar-refractivity contribution in [1.29, 1.82) is 0 Å². The van der Waals surface area contributed by atoms with Gasteiger partial charge in [-0.05, 0) is 37.5 Å². The molecule has 0 radical (unpaired) electrons. The molecule has 2 rings (SSSR count). The van der Waals surface area contributed by atoms with E-state index in [1.165, 1.54) is 37.9 Å². The number of hydrogen-bond acceptors (Lipinski definition) is 7. The molecule has 1 aromatic carbocycles. The fourth-order valence-electron chi connectivity index (χ4n) is 2.66. The van der Waals surface area contributed by atoms with E-state index in [2.05, 4.69) is 5.32 Å². The normalized spacial score (nSPS) is 14.9. The fourth-order valence-corrected chi connectivity index (χ4v) is 3.11. The molecule has 9 nitrogen and oxygen atoms in total. The smallest absolute Gasteiger partial charge is 0.330 e. The first kappa shape index (κ1) is 21.4. The van der Waals surface area contributed by atoms with Crippen molar-refractivity contribution >= 4 is 41.5 Å². The van der Waals surface area contributed by atoms with Gasteiger partial charge in [0.2, 0.25) is 0 Å². The number of ether oxygens (including phenoxy) is 1. The van der Waals surface area contributed by atoms with E-state index < -0.39 is 41.9 Å². The molecule has 0 unspecified atom stereocenters. The molecule has 0 bridgehead atoms. The van der Waals surface area contributed by atoms with E-state index in [4.69, 9.17) is 4.74 Å². The lowest BCUT2D eigenvalue weighted by Crippen LogP contribution is -2.49. The number of fused-ring (bicyclic) bond motifs is 1. The minimum atomic E-state index is -1.28. The van der Waals surface area contributed by atoms with Gasteiger partial charge in [0.05, 0.1) is 11.1 Å². The number of carbonyl (C=O) groups excluding carboxylic acids is 5. The maximum atomic E-state index is 12.7. The first-order chi connectivity index (χ1) is 13.3. The van der Waals surface area contributed by atoms with Gasteiger partial charge in [-0.3, -0.25) is 24.6 Å². The lowest BCUT2D eigenvalue weighted by Gasteiger charge is -2.25. The molecule has 0 saturated heterocycles. The maximum Gasteiger partial charge on any atom is 0.330 e. The van der Waals surface area contributed by atoms with Gasteiger partial charge >= 0.3 is 12.0 Å². The van der Waals surface area contributed by atoms with Gasteiger partial charge < -0.3 is 10.1 Å². The fraction of sp³-hybridized carbons (Fsp3) is 0.389. The van der Waals surface area contributed by atoms with Crippen LogP contribution in [0.3, 0.4) is 0 Å². The van der Waals surface area contributed by atoms with Gasteiger partial charge in [0.15, 0.2) is 6.10 Å². The predicted octanol–water partition coefficient (Wildman–Crippen LogP) is 0.792. The zero-order valence-electron chi connectivity index (χ0n) is 15.7. The average Bonchev–Trinajstić information content (AvgIpc) is 2.93. The number of carbonyl (C=O) groups is 5. The summed E-state index contributed by atoms with van der Waals surface area (Å²) in [5.41, 5.74) is 0.444. The lowest BCUT2D eigenvalue weighted by molar-refractivity contribution is -0.158. The van der Waals surface area contributed by atoms with Crippen molar-refractivity contribution in [2.75, 3.05) is 19.1 Å². The second-order valence-corrected chi connectivity index (χ2v) is 6.96. The summed E-state index contributed by atoms with van der Waals surface area (Å²) in [6.45, 7) is 1.30. The summed E-state index contributed by atoms with van der Waals surface area (Å²) in [5.74, 6) is -2.37. The summed E-state index contributed by atoms with van der Waals surface area (Å²) in [6, 6.07) is 4.39. The first-order valence-electron chi connectivity index (χ1n) is 8.50. The minimum absolute atomic E-state index is 0.176. The number of nitrogens with one attached hydrogen (secondary N) is 2. The van der Waals surface area contributed by atoms with E-state index in [0.29, 0.717) is 5.75 Å². The van der Waals surface area contributed by atoms with Crippen LogP contribution in [0.15, 0.2) is 24.3 Å². The van der Waals surface area contributed by atoms with Gasteiger partial charge in [0, 0.05) is 7.05 Å². The highest BCUT2D eigenvalue weighted by atomic mass is 32.2. The zero-order chi connectivity index (χ0) is 20.8. The summed E-state index contributed by atoms with van der Waals surface area (Å²) in [4.78, 5) is 62.1. The molecule has 10 heteroatoms. The van der Waals surface area contributed by atoms with Gasteiger partial charge in [-0.15, -0.1) is 0 Å². The molecule has 0 spiro atoms. The highest BCUT2D eigenvalue weighted by Gasteiger charge is 2.43. The van der Waals surface area contributed by atoms with Gasteiger partial charge in [0.25, 0.3) is 17.7 Å². The van der Waals surface area contributed by atoms with Gasteiger partial charge in [-0.25, -0.2) is 9.59 Å². The molecular weight excluding hydrogens is 386 g/mol. The Hall–Kier alpha value is -2.88. The van der Waals surface area contributed by atoms with E-state index in [9.17, 15) is 24.0 Å². The Kier molecular flexibility index (Phi) is 7.16. The van der Waals surface area contributed by atoms with Crippen LogP contribution in [0.2, 0.25) is 0 Å². The number of nitrogens with zero attached hydrogens (tertiary/aromatic N) is 1. The molecule has 5 amide bonds. The summed E-state index contributed by atoms with van der Waals surface area (Å²) < 4.78 is 5.14. The molecule has 2 atom stereocenters. The Labute approximate surface area is 166 Å². The van der Waals surface area contributed by atoms with Gasteiger partial charge in [-0.1, -0.05) is 12.1 Å². The number of urea groups is 1. The summed E-state index contributed by atoms with van der Waals surface area (Å²) in [5, 5.41) is 4.21. The molecule has 0 aromatic heterocycles. The Bertz CT molecular complexity index is 777. The predicted molar refractivity (Wildman–Crippen MR) is 102 cm³/mol. The third kappa shape index (κ3) is 4.50. The van der Waals surface area contributed by atoms with Crippen LogP contribution in [-0.2, 0) is 14.3 Å². The van der Waals surface area contributed by atoms with Crippen molar-refractivity contribution in [3.63, 3.8) is 0 Å². The Balaban J connectivity index is 2.18. The van der Waals surface area contributed by atoms with Crippen molar-refractivity contribution < 1.29 is 28.7 Å². The zero-order valence-corrected chi connectivity index (χ0v) is 16.5. The Morgan fingerprint density at radius 2 is 1.71 bits per heavy atom. The quantitative estimate of drug-likeness (QED) is 0.506.